The fraction of sp³-hybridized carbons (Fsp3) is 0.364. The minimum absolute atomic E-state index is 0.0341. The van der Waals surface area contributed by atoms with E-state index >= 15 is 0 Å². The molecule has 3 atom stereocenters. The molecule has 1 aromatic heterocycles. The van der Waals surface area contributed by atoms with Gasteiger partial charge >= 0.3 is 0 Å². The smallest absolute Gasteiger partial charge is 0.266 e. The number of nitrogens with zero attached hydrogens (tertiary/aromatic N) is 2. The van der Waals surface area contributed by atoms with Crippen LogP contribution in [0.2, 0.25) is 10.0 Å². The Labute approximate surface area is 221 Å². The number of halogens is 4. The van der Waals surface area contributed by atoms with Crippen molar-refractivity contribution in [2.75, 3.05) is 11.3 Å². The predicted molar refractivity (Wildman–Crippen MR) is 133 cm³/mol. The van der Waals surface area contributed by atoms with E-state index in [0.29, 0.717) is 33.7 Å². The largest absolute Gasteiger partial charge is 0.460 e. The second-order valence-corrected chi connectivity index (χ2v) is 11.9. The lowest BCUT2D eigenvalue weighted by Crippen LogP contribution is -2.51. The predicted octanol–water partition coefficient (Wildman–Crippen LogP) is 5.40. The molecule has 194 valence electrons. The maximum absolute atomic E-state index is 15.0. The Hall–Kier alpha value is -2.09. The summed E-state index contributed by atoms with van der Waals surface area (Å²) in [5.74, 6) is -2.45. The van der Waals surface area contributed by atoms with Gasteiger partial charge in [0.25, 0.3) is 10.0 Å². The van der Waals surface area contributed by atoms with E-state index in [1.165, 1.54) is 0 Å². The van der Waals surface area contributed by atoms with Gasteiger partial charge in [-0.15, -0.1) is 0 Å². The van der Waals surface area contributed by atoms with Crippen LogP contribution in [-0.4, -0.2) is 36.7 Å². The molecule has 0 amide bonds. The van der Waals surface area contributed by atoms with Crippen LogP contribution in [0.3, 0.4) is 0 Å². The van der Waals surface area contributed by atoms with Crippen LogP contribution in [0.5, 0.6) is 5.75 Å². The summed E-state index contributed by atoms with van der Waals surface area (Å²) in [6.45, 7) is 4.41. The highest BCUT2D eigenvalue weighted by Crippen LogP contribution is 2.33. The molecule has 36 heavy (non-hydrogen) atoms. The minimum Gasteiger partial charge on any atom is -0.460 e. The number of nitrogens with one attached hydrogen (secondary N) is 2. The molecule has 1 aliphatic heterocycles. The summed E-state index contributed by atoms with van der Waals surface area (Å²) in [5, 5.41) is 4.11. The Bertz CT molecular complexity index is 1310. The molecule has 1 aliphatic rings. The van der Waals surface area contributed by atoms with Gasteiger partial charge in [0, 0.05) is 39.8 Å². The average Bonchev–Trinajstić information content (AvgIpc) is 3.28. The van der Waals surface area contributed by atoms with Gasteiger partial charge in [-0.25, -0.2) is 22.2 Å². The third-order valence-electron chi connectivity index (χ3n) is 5.25. The van der Waals surface area contributed by atoms with Crippen LogP contribution in [0.15, 0.2) is 41.6 Å². The van der Waals surface area contributed by atoms with Gasteiger partial charge in [-0.1, -0.05) is 37.0 Å². The molecule has 0 aliphatic carbocycles. The zero-order valence-electron chi connectivity index (χ0n) is 19.0. The van der Waals surface area contributed by atoms with E-state index in [0.717, 1.165) is 24.3 Å². The molecule has 0 spiro atoms. The van der Waals surface area contributed by atoms with Crippen molar-refractivity contribution in [3.63, 3.8) is 0 Å². The summed E-state index contributed by atoms with van der Waals surface area (Å²) in [4.78, 5) is 2.78. The summed E-state index contributed by atoms with van der Waals surface area (Å²) in [7, 11) is -4.45. The van der Waals surface area contributed by atoms with E-state index in [4.69, 9.17) is 32.7 Å². The van der Waals surface area contributed by atoms with Gasteiger partial charge in [-0.05, 0) is 36.1 Å². The highest BCUT2D eigenvalue weighted by molar-refractivity contribution is 7.93. The molecule has 14 heteroatoms. The molecule has 1 fully saturated rings. The van der Waals surface area contributed by atoms with Crippen molar-refractivity contribution in [1.82, 2.24) is 14.7 Å². The van der Waals surface area contributed by atoms with Crippen LogP contribution in [0.25, 0.3) is 0 Å². The lowest BCUT2D eigenvalue weighted by molar-refractivity contribution is -0.140. The number of hydrogen-bond acceptors (Lipinski definition) is 8. The van der Waals surface area contributed by atoms with Crippen LogP contribution in [0, 0.1) is 17.6 Å². The quantitative estimate of drug-likeness (QED) is 0.368. The van der Waals surface area contributed by atoms with Crippen molar-refractivity contribution in [2.45, 2.75) is 43.5 Å². The third-order valence-corrected chi connectivity index (χ3v) is 7.75. The van der Waals surface area contributed by atoms with Crippen molar-refractivity contribution in [3.05, 3.63) is 63.9 Å². The van der Waals surface area contributed by atoms with E-state index in [-0.39, 0.29) is 17.8 Å². The van der Waals surface area contributed by atoms with E-state index in [1.54, 1.807) is 18.2 Å². The summed E-state index contributed by atoms with van der Waals surface area (Å²) < 4.78 is 72.2. The number of hydrogen-bond donors (Lipinski definition) is 2. The number of aromatic nitrogens is 2. The summed E-state index contributed by atoms with van der Waals surface area (Å²) in [6, 6.07) is 5.47. The number of morpholine rings is 1. The van der Waals surface area contributed by atoms with Crippen molar-refractivity contribution < 1.29 is 26.7 Å². The molecule has 0 saturated carbocycles. The Morgan fingerprint density at radius 1 is 1.19 bits per heavy atom. The highest BCUT2D eigenvalue weighted by Gasteiger charge is 2.35. The first-order valence-electron chi connectivity index (χ1n) is 10.8. The van der Waals surface area contributed by atoms with Crippen LogP contribution < -0.4 is 14.8 Å². The van der Waals surface area contributed by atoms with E-state index in [9.17, 15) is 17.2 Å². The first-order chi connectivity index (χ1) is 17.0. The zero-order valence-corrected chi connectivity index (χ0v) is 22.2. The summed E-state index contributed by atoms with van der Waals surface area (Å²) in [5.41, 5.74) is 0.632. The number of sulfonamides is 1. The molecular formula is C22H22Cl2F2N4O4S2. The SMILES string of the molecule is CC(C)CC1COC(Oc2cc(F)c(S(=O)(=O)Nc3ncns3)cc2F)C(c2cc(Cl)cc(Cl)c2)N1. The molecule has 2 N–H and O–H groups in total. The Morgan fingerprint density at radius 3 is 2.56 bits per heavy atom. The molecule has 0 bridgehead atoms. The highest BCUT2D eigenvalue weighted by atomic mass is 35.5. The van der Waals surface area contributed by atoms with Gasteiger partial charge in [-0.2, -0.15) is 4.37 Å². The van der Waals surface area contributed by atoms with Crippen molar-refractivity contribution in [1.29, 1.82) is 0 Å². The number of anilines is 1. The second-order valence-electron chi connectivity index (χ2n) is 8.56. The molecule has 4 rings (SSSR count). The first kappa shape index (κ1) is 27.0. The molecule has 3 unspecified atom stereocenters. The fourth-order valence-electron chi connectivity index (χ4n) is 3.82. The van der Waals surface area contributed by atoms with Gasteiger partial charge in [0.15, 0.2) is 11.6 Å². The monoisotopic (exact) mass is 578 g/mol. The molecule has 3 aromatic rings. The standard InChI is InChI=1S/C22H22Cl2F2N4O4S2/c1-11(2)3-15-9-33-21(20(29-15)12-4-13(23)6-14(24)5-12)34-18-7-17(26)19(8-16(18)25)36(31,32)30-22-27-10-28-35-22/h4-8,10-11,15,20-21,29H,3,9H2,1-2H3,(H,27,28,30). The molecule has 1 saturated heterocycles. The third kappa shape index (κ3) is 6.42. The Balaban J connectivity index is 1.61. The van der Waals surface area contributed by atoms with Gasteiger partial charge in [0.05, 0.1) is 12.6 Å². The second kappa shape index (κ2) is 11.1. The van der Waals surface area contributed by atoms with Gasteiger partial charge in [0.2, 0.25) is 11.4 Å². The number of ether oxygens (including phenoxy) is 2. The fourth-order valence-corrected chi connectivity index (χ4v) is 6.10. The molecule has 8 nitrogen and oxygen atoms in total. The lowest BCUT2D eigenvalue weighted by Gasteiger charge is -2.38. The van der Waals surface area contributed by atoms with Crippen molar-refractivity contribution >= 4 is 49.9 Å². The van der Waals surface area contributed by atoms with E-state index in [2.05, 4.69) is 33.2 Å². The van der Waals surface area contributed by atoms with Crippen LogP contribution in [0.1, 0.15) is 31.9 Å². The molecule has 2 aromatic carbocycles. The minimum atomic E-state index is -4.45. The van der Waals surface area contributed by atoms with Gasteiger partial charge in [0.1, 0.15) is 17.0 Å². The lowest BCUT2D eigenvalue weighted by atomic mass is 9.98. The number of benzene rings is 2. The topological polar surface area (TPSA) is 102 Å². The molecular weight excluding hydrogens is 557 g/mol. The van der Waals surface area contributed by atoms with Crippen molar-refractivity contribution in [2.24, 2.45) is 5.92 Å². The maximum Gasteiger partial charge on any atom is 0.266 e. The first-order valence-corrected chi connectivity index (χ1v) is 13.8. The summed E-state index contributed by atoms with van der Waals surface area (Å²) in [6.07, 6.45) is 0.845. The molecule has 2 heterocycles. The van der Waals surface area contributed by atoms with Crippen LogP contribution in [-0.2, 0) is 14.8 Å². The van der Waals surface area contributed by atoms with Gasteiger partial charge in [-0.3, -0.25) is 10.0 Å². The summed E-state index contributed by atoms with van der Waals surface area (Å²) >= 11 is 13.1. The van der Waals surface area contributed by atoms with Gasteiger partial charge < -0.3 is 9.47 Å². The Morgan fingerprint density at radius 2 is 1.92 bits per heavy atom. The Kier molecular flexibility index (Phi) is 8.32. The average molecular weight is 579 g/mol. The van der Waals surface area contributed by atoms with Crippen LogP contribution >= 0.6 is 34.7 Å². The molecule has 0 radical (unpaired) electrons. The normalized spacial score (nSPS) is 20.5. The zero-order chi connectivity index (χ0) is 26.0. The maximum atomic E-state index is 15.0. The van der Waals surface area contributed by atoms with E-state index in [1.807, 2.05) is 0 Å². The van der Waals surface area contributed by atoms with Crippen LogP contribution in [0.4, 0.5) is 13.9 Å². The number of rotatable bonds is 8. The van der Waals surface area contributed by atoms with Crippen molar-refractivity contribution in [3.8, 4) is 5.75 Å². The van der Waals surface area contributed by atoms with E-state index < -0.39 is 44.6 Å².